The number of ether oxygens (including phenoxy) is 5. The molecule has 0 radical (unpaired) electrons. The maximum atomic E-state index is 13.9. The highest BCUT2D eigenvalue weighted by molar-refractivity contribution is 6.32. The zero-order valence-corrected chi connectivity index (χ0v) is 19.9. The van der Waals surface area contributed by atoms with E-state index in [1.54, 1.807) is 18.2 Å². The summed E-state index contributed by atoms with van der Waals surface area (Å²) in [7, 11) is 0. The quantitative estimate of drug-likeness (QED) is 0.407. The van der Waals surface area contributed by atoms with Crippen LogP contribution in [0.3, 0.4) is 0 Å². The summed E-state index contributed by atoms with van der Waals surface area (Å²) in [6.07, 6.45) is 0. The first kappa shape index (κ1) is 24.0. The summed E-state index contributed by atoms with van der Waals surface area (Å²) in [5.41, 5.74) is 10.2. The highest BCUT2D eigenvalue weighted by Gasteiger charge is 2.33. The fourth-order valence-electron chi connectivity index (χ4n) is 4.24. The first-order valence-corrected chi connectivity index (χ1v) is 12.0. The molecule has 1 aliphatic heterocycles. The molecular weight excluding hydrogens is 460 g/mol. The van der Waals surface area contributed by atoms with E-state index in [1.165, 1.54) is 0 Å². The number of hydrogen-bond donors (Lipinski definition) is 1. The van der Waals surface area contributed by atoms with E-state index >= 15 is 0 Å². The molecule has 0 aromatic heterocycles. The van der Waals surface area contributed by atoms with Crippen molar-refractivity contribution in [3.63, 3.8) is 0 Å². The molecule has 8 heteroatoms. The largest absolute Gasteiger partial charge is 0.490 e. The zero-order valence-electron chi connectivity index (χ0n) is 19.9. The maximum Gasteiger partial charge on any atom is 0.201 e. The molecule has 5 rings (SSSR count). The summed E-state index contributed by atoms with van der Waals surface area (Å²) in [4.78, 5) is 18.8. The SMILES string of the molecule is Nc1cccc(N=C2c3cccc4c3C(=O)c3c(cccc32)OCCOCCOCCOCCO4)c1. The first-order chi connectivity index (χ1) is 17.7. The second-order valence-electron chi connectivity index (χ2n) is 8.28. The molecule has 2 N–H and O–H groups in total. The van der Waals surface area contributed by atoms with Gasteiger partial charge >= 0.3 is 0 Å². The molecule has 0 amide bonds. The molecule has 0 fully saturated rings. The van der Waals surface area contributed by atoms with E-state index in [1.807, 2.05) is 42.5 Å². The molecular formula is C28H28N2O6. The summed E-state index contributed by atoms with van der Waals surface area (Å²) in [5, 5.41) is 0. The van der Waals surface area contributed by atoms with E-state index in [2.05, 4.69) is 0 Å². The Hall–Kier alpha value is -3.72. The van der Waals surface area contributed by atoms with E-state index in [0.717, 1.165) is 0 Å². The number of rotatable bonds is 1. The van der Waals surface area contributed by atoms with Crippen molar-refractivity contribution in [2.24, 2.45) is 4.99 Å². The molecule has 1 heterocycles. The molecule has 0 unspecified atom stereocenters. The topological polar surface area (TPSA) is 102 Å². The minimum atomic E-state index is -0.172. The number of carbonyl (C=O) groups is 1. The number of carbonyl (C=O) groups excluding carboxylic acids is 1. The molecule has 3 aromatic carbocycles. The Labute approximate surface area is 209 Å². The number of hydrogen-bond acceptors (Lipinski definition) is 8. The zero-order chi connectivity index (χ0) is 24.7. The van der Waals surface area contributed by atoms with Crippen molar-refractivity contribution in [1.29, 1.82) is 0 Å². The molecule has 0 spiro atoms. The minimum Gasteiger partial charge on any atom is -0.490 e. The number of anilines is 1. The summed E-state index contributed by atoms with van der Waals surface area (Å²) in [6.45, 7) is 3.16. The van der Waals surface area contributed by atoms with Crippen LogP contribution in [-0.2, 0) is 14.2 Å². The highest BCUT2D eigenvalue weighted by atomic mass is 16.6. The van der Waals surface area contributed by atoms with Crippen LogP contribution in [0.4, 0.5) is 11.4 Å². The van der Waals surface area contributed by atoms with Gasteiger partial charge in [-0.15, -0.1) is 0 Å². The molecule has 0 saturated carbocycles. The Kier molecular flexibility index (Phi) is 7.56. The van der Waals surface area contributed by atoms with Crippen molar-refractivity contribution < 1.29 is 28.5 Å². The Morgan fingerprint density at radius 2 is 1.14 bits per heavy atom. The molecule has 8 nitrogen and oxygen atoms in total. The average molecular weight is 489 g/mol. The van der Waals surface area contributed by atoms with E-state index in [0.29, 0.717) is 104 Å². The van der Waals surface area contributed by atoms with Gasteiger partial charge in [-0.25, -0.2) is 4.99 Å². The minimum absolute atomic E-state index is 0.172. The van der Waals surface area contributed by atoms with Gasteiger partial charge in [0, 0.05) is 16.8 Å². The second kappa shape index (κ2) is 11.3. The van der Waals surface area contributed by atoms with Crippen LogP contribution >= 0.6 is 0 Å². The molecule has 2 bridgehead atoms. The van der Waals surface area contributed by atoms with Crippen molar-refractivity contribution in [1.82, 2.24) is 0 Å². The van der Waals surface area contributed by atoms with Gasteiger partial charge in [-0.2, -0.15) is 0 Å². The van der Waals surface area contributed by atoms with Crippen molar-refractivity contribution >= 4 is 22.9 Å². The Balaban J connectivity index is 1.61. The van der Waals surface area contributed by atoms with Crippen molar-refractivity contribution in [3.05, 3.63) is 82.9 Å². The van der Waals surface area contributed by atoms with Gasteiger partial charge in [-0.3, -0.25) is 4.79 Å². The molecule has 2 aliphatic rings. The molecule has 36 heavy (non-hydrogen) atoms. The number of ketones is 1. The average Bonchev–Trinajstić information content (AvgIpc) is 2.88. The van der Waals surface area contributed by atoms with E-state index in [9.17, 15) is 4.79 Å². The lowest BCUT2D eigenvalue weighted by Gasteiger charge is -2.25. The molecule has 186 valence electrons. The standard InChI is InChI=1S/C28H28N2O6/c29-19-4-1-5-20(18-19)30-27-21-6-2-8-23-25(21)28(31)26-22(27)7-3-9-24(26)36-17-15-34-13-11-32-10-12-33-14-16-35-23/h1-9,18H,10-17,29H2. The fraction of sp³-hybridized carbons (Fsp3) is 0.286. The van der Waals surface area contributed by atoms with Gasteiger partial charge in [0.1, 0.15) is 24.7 Å². The van der Waals surface area contributed by atoms with Crippen molar-refractivity contribution in [2.45, 2.75) is 0 Å². The van der Waals surface area contributed by atoms with E-state index in [4.69, 9.17) is 34.4 Å². The Bertz CT molecular complexity index is 1200. The fourth-order valence-corrected chi connectivity index (χ4v) is 4.24. The van der Waals surface area contributed by atoms with Crippen LogP contribution in [0.25, 0.3) is 0 Å². The lowest BCUT2D eigenvalue weighted by Crippen LogP contribution is -2.24. The van der Waals surface area contributed by atoms with Gasteiger partial charge in [-0.1, -0.05) is 30.3 Å². The highest BCUT2D eigenvalue weighted by Crippen LogP contribution is 2.38. The van der Waals surface area contributed by atoms with Gasteiger partial charge in [0.05, 0.1) is 62.2 Å². The van der Waals surface area contributed by atoms with Gasteiger partial charge < -0.3 is 29.4 Å². The predicted octanol–water partition coefficient (Wildman–Crippen LogP) is 3.80. The summed E-state index contributed by atoms with van der Waals surface area (Å²) in [5.74, 6) is 0.777. The molecule has 0 saturated heterocycles. The normalized spacial score (nSPS) is 16.8. The molecule has 3 aromatic rings. The summed E-state index contributed by atoms with van der Waals surface area (Å²) in [6, 6.07) is 18.4. The van der Waals surface area contributed by atoms with Crippen LogP contribution in [0.5, 0.6) is 11.5 Å². The summed E-state index contributed by atoms with van der Waals surface area (Å²) < 4.78 is 28.7. The van der Waals surface area contributed by atoms with Crippen LogP contribution in [-0.4, -0.2) is 64.3 Å². The van der Waals surface area contributed by atoms with E-state index < -0.39 is 0 Å². The predicted molar refractivity (Wildman–Crippen MR) is 136 cm³/mol. The number of nitrogens with two attached hydrogens (primary N) is 1. The second-order valence-corrected chi connectivity index (χ2v) is 8.28. The third-order valence-corrected chi connectivity index (χ3v) is 5.84. The third-order valence-electron chi connectivity index (χ3n) is 5.84. The monoisotopic (exact) mass is 488 g/mol. The Morgan fingerprint density at radius 3 is 1.67 bits per heavy atom. The van der Waals surface area contributed by atoms with Crippen LogP contribution < -0.4 is 15.2 Å². The molecule has 0 atom stereocenters. The van der Waals surface area contributed by atoms with Crippen molar-refractivity contribution in [3.8, 4) is 11.5 Å². The van der Waals surface area contributed by atoms with Crippen molar-refractivity contribution in [2.75, 3.05) is 58.6 Å². The smallest absolute Gasteiger partial charge is 0.201 e. The first-order valence-electron chi connectivity index (χ1n) is 12.0. The maximum absolute atomic E-state index is 13.9. The Morgan fingerprint density at radius 1 is 0.639 bits per heavy atom. The lowest BCUT2D eigenvalue weighted by atomic mass is 9.82. The summed E-state index contributed by atoms with van der Waals surface area (Å²) >= 11 is 0. The van der Waals surface area contributed by atoms with Gasteiger partial charge in [0.2, 0.25) is 5.78 Å². The van der Waals surface area contributed by atoms with Crippen LogP contribution in [0.15, 0.2) is 65.7 Å². The van der Waals surface area contributed by atoms with Crippen LogP contribution in [0.1, 0.15) is 27.0 Å². The molecule has 1 aliphatic carbocycles. The number of aliphatic imine (C=N–C) groups is 1. The van der Waals surface area contributed by atoms with Crippen LogP contribution in [0, 0.1) is 0 Å². The van der Waals surface area contributed by atoms with Crippen LogP contribution in [0.2, 0.25) is 0 Å². The van der Waals surface area contributed by atoms with Gasteiger partial charge in [-0.05, 0) is 30.3 Å². The number of nitrogen functional groups attached to an aromatic ring is 1. The third kappa shape index (κ3) is 5.26. The lowest BCUT2D eigenvalue weighted by molar-refractivity contribution is 0.00483. The number of nitrogens with zero attached hydrogens (tertiary/aromatic N) is 1. The van der Waals surface area contributed by atoms with Gasteiger partial charge in [0.15, 0.2) is 0 Å². The van der Waals surface area contributed by atoms with Gasteiger partial charge in [0.25, 0.3) is 0 Å². The van der Waals surface area contributed by atoms with E-state index in [-0.39, 0.29) is 5.78 Å². The number of benzene rings is 3.